The number of rotatable bonds is 4. The number of aromatic nitrogens is 1. The molecule has 1 amide bonds. The third kappa shape index (κ3) is 4.38. The lowest BCUT2D eigenvalue weighted by atomic mass is 10.3. The van der Waals surface area contributed by atoms with Gasteiger partial charge in [-0.1, -0.05) is 50.5 Å². The van der Waals surface area contributed by atoms with Gasteiger partial charge in [0.2, 0.25) is 0 Å². The molecule has 0 saturated carbocycles. The van der Waals surface area contributed by atoms with E-state index >= 15 is 0 Å². The lowest BCUT2D eigenvalue weighted by Gasteiger charge is -2.34. The highest BCUT2D eigenvalue weighted by molar-refractivity contribution is 9.10. The predicted octanol–water partition coefficient (Wildman–Crippen LogP) is 5.09. The first-order valence-corrected chi connectivity index (χ1v) is 11.0. The van der Waals surface area contributed by atoms with E-state index in [1.807, 2.05) is 17.0 Å². The molecule has 5 nitrogen and oxygen atoms in total. The predicted molar refractivity (Wildman–Crippen MR) is 118 cm³/mol. The SMILES string of the molecule is O=C(COc1ccc(Cl)cc1Cl)N1CCN(c2nc3ccc(Br)cc3s2)CC1. The fraction of sp³-hybridized carbons (Fsp3) is 0.263. The zero-order chi connectivity index (χ0) is 19.7. The Morgan fingerprint density at radius 1 is 1.14 bits per heavy atom. The molecule has 4 rings (SSSR count). The van der Waals surface area contributed by atoms with E-state index in [0.717, 1.165) is 32.9 Å². The first kappa shape index (κ1) is 19.8. The number of halogens is 3. The molecule has 1 aromatic heterocycles. The molecular formula is C19H16BrCl2N3O2S. The Hall–Kier alpha value is -1.54. The number of anilines is 1. The Balaban J connectivity index is 1.33. The quantitative estimate of drug-likeness (QED) is 0.500. The Kier molecular flexibility index (Phi) is 5.96. The van der Waals surface area contributed by atoms with Crippen LogP contribution in [0.25, 0.3) is 10.2 Å². The lowest BCUT2D eigenvalue weighted by Crippen LogP contribution is -2.50. The average Bonchev–Trinajstić information content (AvgIpc) is 3.10. The van der Waals surface area contributed by atoms with E-state index in [-0.39, 0.29) is 12.5 Å². The molecule has 28 heavy (non-hydrogen) atoms. The van der Waals surface area contributed by atoms with Crippen LogP contribution in [-0.4, -0.2) is 48.6 Å². The van der Waals surface area contributed by atoms with Gasteiger partial charge in [0.15, 0.2) is 11.7 Å². The molecule has 1 aliphatic rings. The molecule has 9 heteroatoms. The molecule has 0 atom stereocenters. The summed E-state index contributed by atoms with van der Waals surface area (Å²) in [7, 11) is 0. The fourth-order valence-corrected chi connectivity index (χ4v) is 5.02. The van der Waals surface area contributed by atoms with Gasteiger partial charge in [-0.05, 0) is 36.4 Å². The van der Waals surface area contributed by atoms with Gasteiger partial charge in [-0.3, -0.25) is 4.79 Å². The van der Waals surface area contributed by atoms with Crippen molar-refractivity contribution in [2.45, 2.75) is 0 Å². The Morgan fingerprint density at radius 3 is 2.68 bits per heavy atom. The summed E-state index contributed by atoms with van der Waals surface area (Å²) in [5, 5.41) is 1.92. The Morgan fingerprint density at radius 2 is 1.93 bits per heavy atom. The smallest absolute Gasteiger partial charge is 0.260 e. The Bertz CT molecular complexity index is 1020. The van der Waals surface area contributed by atoms with E-state index in [0.29, 0.717) is 28.9 Å². The van der Waals surface area contributed by atoms with Crippen LogP contribution in [0.15, 0.2) is 40.9 Å². The van der Waals surface area contributed by atoms with E-state index in [1.54, 1.807) is 29.5 Å². The van der Waals surface area contributed by atoms with Crippen molar-refractivity contribution in [1.29, 1.82) is 0 Å². The summed E-state index contributed by atoms with van der Waals surface area (Å²) in [6.07, 6.45) is 0. The second kappa shape index (κ2) is 8.45. The molecular weight excluding hydrogens is 485 g/mol. The summed E-state index contributed by atoms with van der Waals surface area (Å²) in [6, 6.07) is 11.0. The van der Waals surface area contributed by atoms with Crippen molar-refractivity contribution in [3.63, 3.8) is 0 Å². The van der Waals surface area contributed by atoms with Crippen molar-refractivity contribution in [3.8, 4) is 5.75 Å². The maximum Gasteiger partial charge on any atom is 0.260 e. The average molecular weight is 501 g/mol. The van der Waals surface area contributed by atoms with Gasteiger partial charge in [-0.15, -0.1) is 0 Å². The molecule has 0 N–H and O–H groups in total. The van der Waals surface area contributed by atoms with Crippen LogP contribution in [0.5, 0.6) is 5.75 Å². The number of amides is 1. The van der Waals surface area contributed by atoms with Gasteiger partial charge >= 0.3 is 0 Å². The summed E-state index contributed by atoms with van der Waals surface area (Å²) in [4.78, 5) is 21.2. The standard InChI is InChI=1S/C19H16BrCl2N3O2S/c20-12-1-3-15-17(9-12)28-19(23-15)25-7-5-24(6-8-25)18(26)11-27-16-4-2-13(21)10-14(16)22/h1-4,9-10H,5-8,11H2. The number of piperazine rings is 1. The molecule has 3 aromatic rings. The number of thiazole rings is 1. The zero-order valence-electron chi connectivity index (χ0n) is 14.7. The number of ether oxygens (including phenoxy) is 1. The highest BCUT2D eigenvalue weighted by Crippen LogP contribution is 2.31. The summed E-state index contributed by atoms with van der Waals surface area (Å²) in [5.41, 5.74) is 0.995. The highest BCUT2D eigenvalue weighted by Gasteiger charge is 2.23. The maximum absolute atomic E-state index is 12.5. The molecule has 0 bridgehead atoms. The monoisotopic (exact) mass is 499 g/mol. The number of carbonyl (C=O) groups is 1. The maximum atomic E-state index is 12.5. The van der Waals surface area contributed by atoms with Crippen LogP contribution in [0, 0.1) is 0 Å². The van der Waals surface area contributed by atoms with Crippen molar-refractivity contribution in [1.82, 2.24) is 9.88 Å². The van der Waals surface area contributed by atoms with Crippen molar-refractivity contribution >= 4 is 71.7 Å². The summed E-state index contributed by atoms with van der Waals surface area (Å²) in [6.45, 7) is 2.71. The van der Waals surface area contributed by atoms with Crippen LogP contribution in [0.2, 0.25) is 10.0 Å². The molecule has 146 valence electrons. The first-order chi connectivity index (χ1) is 13.5. The minimum absolute atomic E-state index is 0.0451. The third-order valence-corrected chi connectivity index (χ3v) is 6.59. The topological polar surface area (TPSA) is 45.7 Å². The van der Waals surface area contributed by atoms with Crippen LogP contribution >= 0.6 is 50.5 Å². The molecule has 0 aliphatic carbocycles. The highest BCUT2D eigenvalue weighted by atomic mass is 79.9. The molecule has 0 spiro atoms. The number of carbonyl (C=O) groups excluding carboxylic acids is 1. The molecule has 2 aromatic carbocycles. The first-order valence-electron chi connectivity index (χ1n) is 8.66. The van der Waals surface area contributed by atoms with Crippen LogP contribution in [-0.2, 0) is 4.79 Å². The minimum Gasteiger partial charge on any atom is -0.482 e. The summed E-state index contributed by atoms with van der Waals surface area (Å²) in [5.74, 6) is 0.401. The normalized spacial score (nSPS) is 14.5. The van der Waals surface area contributed by atoms with E-state index < -0.39 is 0 Å². The second-order valence-corrected chi connectivity index (χ2v) is 9.11. The summed E-state index contributed by atoms with van der Waals surface area (Å²) < 4.78 is 7.76. The van der Waals surface area contributed by atoms with Gasteiger partial charge in [-0.25, -0.2) is 4.98 Å². The summed E-state index contributed by atoms with van der Waals surface area (Å²) >= 11 is 17.1. The molecule has 1 aliphatic heterocycles. The van der Waals surface area contributed by atoms with E-state index in [2.05, 4.69) is 26.9 Å². The van der Waals surface area contributed by atoms with Gasteiger partial charge in [0.05, 0.1) is 15.2 Å². The number of hydrogen-bond donors (Lipinski definition) is 0. The van der Waals surface area contributed by atoms with Crippen LogP contribution < -0.4 is 9.64 Å². The number of benzene rings is 2. The lowest BCUT2D eigenvalue weighted by molar-refractivity contribution is -0.133. The van der Waals surface area contributed by atoms with E-state index in [9.17, 15) is 4.79 Å². The van der Waals surface area contributed by atoms with E-state index in [1.165, 1.54) is 0 Å². The van der Waals surface area contributed by atoms with Crippen molar-refractivity contribution in [2.24, 2.45) is 0 Å². The van der Waals surface area contributed by atoms with Crippen molar-refractivity contribution < 1.29 is 9.53 Å². The van der Waals surface area contributed by atoms with Gasteiger partial charge in [0.25, 0.3) is 5.91 Å². The number of nitrogens with zero attached hydrogens (tertiary/aromatic N) is 3. The van der Waals surface area contributed by atoms with Gasteiger partial charge in [-0.2, -0.15) is 0 Å². The van der Waals surface area contributed by atoms with Crippen LogP contribution in [0.4, 0.5) is 5.13 Å². The molecule has 0 radical (unpaired) electrons. The molecule has 0 unspecified atom stereocenters. The second-order valence-electron chi connectivity index (χ2n) is 6.34. The minimum atomic E-state index is -0.0566. The van der Waals surface area contributed by atoms with Crippen LogP contribution in [0.1, 0.15) is 0 Å². The van der Waals surface area contributed by atoms with Crippen molar-refractivity contribution in [3.05, 3.63) is 50.9 Å². The molecule has 1 saturated heterocycles. The fourth-order valence-electron chi connectivity index (χ4n) is 2.99. The number of hydrogen-bond acceptors (Lipinski definition) is 5. The van der Waals surface area contributed by atoms with Crippen LogP contribution in [0.3, 0.4) is 0 Å². The molecule has 2 heterocycles. The number of fused-ring (bicyclic) bond motifs is 1. The van der Waals surface area contributed by atoms with Crippen molar-refractivity contribution in [2.75, 3.05) is 37.7 Å². The van der Waals surface area contributed by atoms with E-state index in [4.69, 9.17) is 32.9 Å². The van der Waals surface area contributed by atoms with Gasteiger partial charge in [0.1, 0.15) is 5.75 Å². The molecule has 1 fully saturated rings. The Labute approximate surface area is 184 Å². The largest absolute Gasteiger partial charge is 0.482 e. The zero-order valence-corrected chi connectivity index (χ0v) is 18.6. The third-order valence-electron chi connectivity index (χ3n) is 4.49. The van der Waals surface area contributed by atoms with Gasteiger partial charge in [0, 0.05) is 35.7 Å². The van der Waals surface area contributed by atoms with Gasteiger partial charge < -0.3 is 14.5 Å².